The second-order valence-electron chi connectivity index (χ2n) is 2.35. The van der Waals surface area contributed by atoms with E-state index in [1.54, 1.807) is 12.1 Å². The summed E-state index contributed by atoms with van der Waals surface area (Å²) >= 11 is 0. The molecule has 72 valence electrons. The highest BCUT2D eigenvalue weighted by Gasteiger charge is 2.10. The minimum atomic E-state index is -4.52. The number of ether oxygens (including phenoxy) is 1. The highest BCUT2D eigenvalue weighted by molar-refractivity contribution is 7.85. The van der Waals surface area contributed by atoms with E-state index in [4.69, 9.17) is 4.74 Å². The van der Waals surface area contributed by atoms with Gasteiger partial charge in [0, 0.05) is 6.07 Å². The number of hydrogen-bond acceptors (Lipinski definition) is 4. The Morgan fingerprint density at radius 3 is 2.77 bits per heavy atom. The van der Waals surface area contributed by atoms with Crippen LogP contribution in [0.15, 0.2) is 18.2 Å². The monoisotopic (exact) mass is 205 g/mol. The van der Waals surface area contributed by atoms with Crippen LogP contribution in [-0.4, -0.2) is 20.5 Å². The third-order valence-corrected chi connectivity index (χ3v) is 1.95. The van der Waals surface area contributed by atoms with Gasteiger partial charge in [-0.05, 0) is 6.07 Å². The Balaban J connectivity index is 2.90. The first-order chi connectivity index (χ1) is 6.01. The summed E-state index contributed by atoms with van der Waals surface area (Å²) < 4.78 is 37.4. The molecular formula is C7H8FNO3S. The molecule has 0 spiro atoms. The zero-order valence-electron chi connectivity index (χ0n) is 6.90. The van der Waals surface area contributed by atoms with Gasteiger partial charge in [0.15, 0.2) is 0 Å². The van der Waals surface area contributed by atoms with E-state index in [0.29, 0.717) is 0 Å². The standard InChI is InChI=1S/C7H8FNO3S/c1-12-7-4-2-3-6(9-7)5-13(8,10)11/h2-4H,5H2,1H3. The van der Waals surface area contributed by atoms with Crippen molar-refractivity contribution >= 4 is 10.2 Å². The average Bonchev–Trinajstić information content (AvgIpc) is 2.01. The van der Waals surface area contributed by atoms with E-state index in [1.807, 2.05) is 0 Å². The molecule has 0 bridgehead atoms. The fourth-order valence-electron chi connectivity index (χ4n) is 0.828. The summed E-state index contributed by atoms with van der Waals surface area (Å²) in [4.78, 5) is 3.74. The van der Waals surface area contributed by atoms with E-state index < -0.39 is 16.0 Å². The quantitative estimate of drug-likeness (QED) is 0.687. The number of hydrogen-bond donors (Lipinski definition) is 0. The maximum absolute atomic E-state index is 12.2. The fourth-order valence-corrected chi connectivity index (χ4v) is 1.34. The van der Waals surface area contributed by atoms with E-state index in [9.17, 15) is 12.3 Å². The molecule has 1 rings (SSSR count). The summed E-state index contributed by atoms with van der Waals surface area (Å²) in [7, 11) is -3.12. The molecule has 13 heavy (non-hydrogen) atoms. The van der Waals surface area contributed by atoms with Crippen LogP contribution in [0.5, 0.6) is 5.88 Å². The first kappa shape index (κ1) is 9.91. The molecule has 0 N–H and O–H groups in total. The predicted octanol–water partition coefficient (Wildman–Crippen LogP) is 0.889. The first-order valence-electron chi connectivity index (χ1n) is 3.43. The molecule has 1 heterocycles. The van der Waals surface area contributed by atoms with Gasteiger partial charge in [0.1, 0.15) is 5.75 Å². The maximum Gasteiger partial charge on any atom is 0.308 e. The Bertz CT molecular complexity index is 390. The van der Waals surface area contributed by atoms with Crippen LogP contribution in [0, 0.1) is 0 Å². The molecule has 0 radical (unpaired) electrons. The maximum atomic E-state index is 12.2. The Labute approximate surface area is 75.6 Å². The van der Waals surface area contributed by atoms with Gasteiger partial charge in [-0.25, -0.2) is 4.98 Å². The zero-order valence-corrected chi connectivity index (χ0v) is 7.71. The third-order valence-electron chi connectivity index (χ3n) is 1.31. The molecule has 0 saturated carbocycles. The van der Waals surface area contributed by atoms with Crippen molar-refractivity contribution in [2.24, 2.45) is 0 Å². The highest BCUT2D eigenvalue weighted by Crippen LogP contribution is 2.10. The van der Waals surface area contributed by atoms with Crippen molar-refractivity contribution in [3.8, 4) is 5.88 Å². The third kappa shape index (κ3) is 3.37. The Morgan fingerprint density at radius 1 is 1.54 bits per heavy atom. The minimum Gasteiger partial charge on any atom is -0.481 e. The van der Waals surface area contributed by atoms with Crippen LogP contribution in [0.3, 0.4) is 0 Å². The van der Waals surface area contributed by atoms with Gasteiger partial charge < -0.3 is 4.74 Å². The molecule has 0 unspecified atom stereocenters. The molecule has 0 aliphatic carbocycles. The second-order valence-corrected chi connectivity index (χ2v) is 3.72. The lowest BCUT2D eigenvalue weighted by molar-refractivity contribution is 0.396. The fraction of sp³-hybridized carbons (Fsp3) is 0.286. The van der Waals surface area contributed by atoms with E-state index >= 15 is 0 Å². The zero-order chi connectivity index (χ0) is 9.90. The Morgan fingerprint density at radius 2 is 2.23 bits per heavy atom. The van der Waals surface area contributed by atoms with Crippen LogP contribution < -0.4 is 4.74 Å². The lowest BCUT2D eigenvalue weighted by Crippen LogP contribution is -1.99. The van der Waals surface area contributed by atoms with Crippen LogP contribution >= 0.6 is 0 Å². The molecule has 6 heteroatoms. The van der Waals surface area contributed by atoms with Crippen molar-refractivity contribution in [1.29, 1.82) is 0 Å². The van der Waals surface area contributed by atoms with Gasteiger partial charge in [0.25, 0.3) is 0 Å². The van der Waals surface area contributed by atoms with Gasteiger partial charge in [-0.2, -0.15) is 8.42 Å². The molecule has 0 aliphatic heterocycles. The number of pyridine rings is 1. The second kappa shape index (κ2) is 3.69. The van der Waals surface area contributed by atoms with Crippen molar-refractivity contribution in [2.75, 3.05) is 7.11 Å². The van der Waals surface area contributed by atoms with Gasteiger partial charge in [0.05, 0.1) is 12.8 Å². The van der Waals surface area contributed by atoms with Crippen molar-refractivity contribution < 1.29 is 17.0 Å². The van der Waals surface area contributed by atoms with Gasteiger partial charge in [-0.3, -0.25) is 0 Å². The van der Waals surface area contributed by atoms with E-state index in [2.05, 4.69) is 4.98 Å². The molecule has 4 nitrogen and oxygen atoms in total. The molecule has 0 fully saturated rings. The smallest absolute Gasteiger partial charge is 0.308 e. The Hall–Kier alpha value is -1.17. The van der Waals surface area contributed by atoms with Crippen LogP contribution in [0.1, 0.15) is 5.69 Å². The van der Waals surface area contributed by atoms with E-state index in [-0.39, 0.29) is 11.6 Å². The van der Waals surface area contributed by atoms with Crippen LogP contribution in [-0.2, 0) is 16.0 Å². The number of rotatable bonds is 3. The molecule has 0 aliphatic rings. The van der Waals surface area contributed by atoms with Crippen molar-refractivity contribution in [1.82, 2.24) is 4.98 Å². The lowest BCUT2D eigenvalue weighted by Gasteiger charge is -2.00. The summed E-state index contributed by atoms with van der Waals surface area (Å²) in [6.07, 6.45) is 0. The SMILES string of the molecule is COc1cccc(CS(=O)(=O)F)n1. The van der Waals surface area contributed by atoms with E-state index in [1.165, 1.54) is 13.2 Å². The number of halogens is 1. The molecule has 1 aromatic rings. The summed E-state index contributed by atoms with van der Waals surface area (Å²) in [6, 6.07) is 4.51. The molecular weight excluding hydrogens is 197 g/mol. The normalized spacial score (nSPS) is 11.2. The molecule has 0 aromatic carbocycles. The number of aromatic nitrogens is 1. The van der Waals surface area contributed by atoms with Gasteiger partial charge in [-0.1, -0.05) is 6.07 Å². The first-order valence-corrected chi connectivity index (χ1v) is 4.99. The predicted molar refractivity (Wildman–Crippen MR) is 44.5 cm³/mol. The van der Waals surface area contributed by atoms with Crippen LogP contribution in [0.25, 0.3) is 0 Å². The number of methoxy groups -OCH3 is 1. The van der Waals surface area contributed by atoms with Gasteiger partial charge in [-0.15, -0.1) is 3.89 Å². The summed E-state index contributed by atoms with van der Waals surface area (Å²) in [5.74, 6) is -0.453. The topological polar surface area (TPSA) is 56.3 Å². The summed E-state index contributed by atoms with van der Waals surface area (Å²) in [6.45, 7) is 0. The van der Waals surface area contributed by atoms with Crippen LogP contribution in [0.2, 0.25) is 0 Å². The molecule has 0 atom stereocenters. The molecule has 1 aromatic heterocycles. The van der Waals surface area contributed by atoms with Gasteiger partial charge in [0.2, 0.25) is 5.88 Å². The highest BCUT2D eigenvalue weighted by atomic mass is 32.3. The molecule has 0 amide bonds. The minimum absolute atomic E-state index is 0.127. The number of nitrogens with zero attached hydrogens (tertiary/aromatic N) is 1. The van der Waals surface area contributed by atoms with Crippen LogP contribution in [0.4, 0.5) is 3.89 Å². The largest absolute Gasteiger partial charge is 0.481 e. The molecule has 0 saturated heterocycles. The van der Waals surface area contributed by atoms with Gasteiger partial charge >= 0.3 is 10.2 Å². The summed E-state index contributed by atoms with van der Waals surface area (Å²) in [5.41, 5.74) is 0.127. The average molecular weight is 205 g/mol. The summed E-state index contributed by atoms with van der Waals surface area (Å²) in [5, 5.41) is 0. The van der Waals surface area contributed by atoms with Crippen molar-refractivity contribution in [3.63, 3.8) is 0 Å². The van der Waals surface area contributed by atoms with Crippen molar-refractivity contribution in [3.05, 3.63) is 23.9 Å². The van der Waals surface area contributed by atoms with E-state index in [0.717, 1.165) is 0 Å². The lowest BCUT2D eigenvalue weighted by atomic mass is 10.4. The van der Waals surface area contributed by atoms with Crippen molar-refractivity contribution in [2.45, 2.75) is 5.75 Å². The Kier molecular flexibility index (Phi) is 2.82.